The Morgan fingerprint density at radius 2 is 0.993 bits per heavy atom. The summed E-state index contributed by atoms with van der Waals surface area (Å²) in [6.45, 7) is 6.42. The number of rotatable bonds is 20. The minimum absolute atomic E-state index is 0.00720. The lowest BCUT2D eigenvalue weighted by Gasteiger charge is -2.36. The molecule has 7 aromatic carbocycles. The summed E-state index contributed by atoms with van der Waals surface area (Å²) in [5.74, 6) is 21.9. The van der Waals surface area contributed by atoms with E-state index in [1.807, 2.05) is 12.1 Å². The number of H-pyrrole nitrogens is 1. The number of nitrogens with zero attached hydrogens (tertiary/aromatic N) is 13. The number of fused-ring (bicyclic) bond motifs is 4. The third-order valence-electron chi connectivity index (χ3n) is 26.8. The van der Waals surface area contributed by atoms with Gasteiger partial charge in [0, 0.05) is 140 Å². The largest absolute Gasteiger partial charge is 0.497 e. The van der Waals surface area contributed by atoms with E-state index in [4.69, 9.17) is 33.8 Å². The molecule has 16 amide bonds. The number of piperazine rings is 1. The van der Waals surface area contributed by atoms with Crippen molar-refractivity contribution < 1.29 is 100 Å². The number of carbonyl (C=O) groups is 15. The molecule has 6 saturated heterocycles. The van der Waals surface area contributed by atoms with Gasteiger partial charge in [-0.3, -0.25) is 93.5 Å². The Morgan fingerprint density at radius 3 is 1.44 bits per heavy atom. The first-order valence-corrected chi connectivity index (χ1v) is 47.1. The summed E-state index contributed by atoms with van der Waals surface area (Å²) in [4.78, 5) is 223. The average molecular weight is 2030 g/mol. The molecular formula is C107H93N21O22. The number of nitrogens with one attached hydrogen (secondary N) is 7. The molecule has 758 valence electrons. The number of aromatic amines is 1. The number of carbonyl (C=O) groups excluding carboxylic acids is 15. The van der Waals surface area contributed by atoms with Crippen molar-refractivity contribution in [3.8, 4) is 105 Å². The Balaban J connectivity index is 0.000000132. The molecule has 0 aliphatic carbocycles. The van der Waals surface area contributed by atoms with Crippen molar-refractivity contribution >= 4 is 101 Å². The molecule has 11 aromatic rings. The van der Waals surface area contributed by atoms with E-state index < -0.39 is 81.1 Å². The maximum absolute atomic E-state index is 13.6. The lowest BCUT2D eigenvalue weighted by Crippen LogP contribution is -2.54. The topological polar surface area (TPSA) is 538 Å². The molecule has 21 rings (SSSR count). The second kappa shape index (κ2) is 42.1. The molecule has 0 saturated carbocycles. The van der Waals surface area contributed by atoms with Gasteiger partial charge in [-0.1, -0.05) is 95.9 Å². The number of aromatic nitrogens is 7. The van der Waals surface area contributed by atoms with Crippen molar-refractivity contribution in [1.29, 1.82) is 0 Å². The van der Waals surface area contributed by atoms with Crippen LogP contribution in [0.3, 0.4) is 0 Å². The summed E-state index contributed by atoms with van der Waals surface area (Å²) < 4.78 is 33.0. The van der Waals surface area contributed by atoms with Crippen LogP contribution >= 0.6 is 0 Å². The first-order valence-electron chi connectivity index (χ1n) is 47.1. The van der Waals surface area contributed by atoms with Gasteiger partial charge >= 0.3 is 23.8 Å². The molecule has 10 aliphatic heterocycles. The Hall–Kier alpha value is -19.4. The van der Waals surface area contributed by atoms with Crippen LogP contribution in [0, 0.1) is 58.2 Å². The van der Waals surface area contributed by atoms with Crippen molar-refractivity contribution in [2.24, 2.45) is 10.8 Å². The lowest BCUT2D eigenvalue weighted by molar-refractivity contribution is -0.135. The molecule has 9 N–H and O–H groups in total. The maximum Gasteiger partial charge on any atom is 0.348 e. The fraction of sp³-hybridized carbons (Fsp3) is 0.262. The quantitative estimate of drug-likeness (QED) is 0.0226. The lowest BCUT2D eigenvalue weighted by atomic mass is 9.85. The van der Waals surface area contributed by atoms with Gasteiger partial charge in [-0.05, 0) is 169 Å². The van der Waals surface area contributed by atoms with Gasteiger partial charge in [0.1, 0.15) is 45.7 Å². The summed E-state index contributed by atoms with van der Waals surface area (Å²) in [6, 6.07) is 45.8. The number of ether oxygens (including phenoxy) is 5. The fourth-order valence-corrected chi connectivity index (χ4v) is 18.8. The summed E-state index contributed by atoms with van der Waals surface area (Å²) in [7, 11) is 7.50. The van der Waals surface area contributed by atoms with Gasteiger partial charge in [0.25, 0.3) is 35.4 Å². The number of anilines is 2. The normalized spacial score (nSPS) is 19.9. The van der Waals surface area contributed by atoms with Crippen LogP contribution in [0.15, 0.2) is 191 Å². The summed E-state index contributed by atoms with van der Waals surface area (Å²) in [6.07, 6.45) is 4.22. The Bertz CT molecular complexity index is 7780. The average Bonchev–Trinajstić information content (AvgIpc) is 1.62. The number of nitrogen functional groups attached to an aromatic ring is 1. The first-order chi connectivity index (χ1) is 72.3. The van der Waals surface area contributed by atoms with E-state index in [0.717, 1.165) is 41.9 Å². The highest BCUT2D eigenvalue weighted by atomic mass is 16.5. The van der Waals surface area contributed by atoms with Crippen LogP contribution in [-0.4, -0.2) is 265 Å². The number of pyridine rings is 2. The third-order valence-corrected chi connectivity index (χ3v) is 26.8. The van der Waals surface area contributed by atoms with E-state index in [1.165, 1.54) is 59.7 Å². The minimum atomic E-state index is -1.79. The van der Waals surface area contributed by atoms with E-state index in [9.17, 15) is 76.7 Å². The van der Waals surface area contributed by atoms with E-state index in [1.54, 1.807) is 180 Å². The van der Waals surface area contributed by atoms with Gasteiger partial charge in [0.2, 0.25) is 52.4 Å². The van der Waals surface area contributed by atoms with Crippen LogP contribution < -0.4 is 71.9 Å². The van der Waals surface area contributed by atoms with Crippen LogP contribution in [0.4, 0.5) is 21.4 Å². The predicted molar refractivity (Wildman–Crippen MR) is 531 cm³/mol. The summed E-state index contributed by atoms with van der Waals surface area (Å²) >= 11 is 0. The van der Waals surface area contributed by atoms with Crippen LogP contribution in [0.25, 0.3) is 28.5 Å². The summed E-state index contributed by atoms with van der Waals surface area (Å²) in [5, 5.41) is 28.3. The molecule has 0 spiro atoms. The molecule has 6 fully saturated rings. The molecule has 43 heteroatoms. The number of nitrogens with two attached hydrogens (primary N) is 1. The van der Waals surface area contributed by atoms with Crippen molar-refractivity contribution in [3.63, 3.8) is 0 Å². The van der Waals surface area contributed by atoms with E-state index in [2.05, 4.69) is 121 Å². The number of aldehydes is 1. The standard InChI is InChI=1S/C32H35N7O7.C28H21N7O5.C24H19N5O5.C23H18N2O5/c1-4-36-13-15-37(16-14-36)29(42)24-7-10-27(40)39(24)26-9-8-25(46-3)23(33-26)11-12-32(30(43)34-31(44)35-32)19-38-18-20-5-6-21(45-2)17-22(20)28(38)41;1-40-21-9-6-19-15-34(24(36)22(19)13-21)16-28(25(37)30-26(38)31-28)11-10-17-4-7-20(8-5-17)35-23(32-33-27(35)39)18-3-2-12-29-14-18;1-33-17-7-6-16-12-29(21(31)18(16)10-17)13-24(11-19(30)26-22(24)32)9-8-14-2-4-15(5-3-14)20-27-28-23(25)34-20;1-30-18-7-6-16-12-25(21(28)19(16)10-18)14-23(11-20(27)24-22(23)29)9-8-15-4-2-3-5-17(15)13-26/h5-6,8-9,17,24H,4,7,10,13-16,18-19H2,1-3H3,(H2,34,35,43,44);2-9,12-14H,15-16H2,1H3,(H,33,39)(H2,30,31,37,38);2-7,10H,11-13H2,1H3,(H2,25,28)(H,26,30,32);2-7,10,13H,11-12,14H2,1H3,(H,24,27,29)/t24?,32-;28-;24-;23-/m1111/s1. The first kappa shape index (κ1) is 101. The van der Waals surface area contributed by atoms with Gasteiger partial charge in [-0.25, -0.2) is 29.0 Å². The minimum Gasteiger partial charge on any atom is -0.497 e. The van der Waals surface area contributed by atoms with Crippen LogP contribution in [-0.2, 0) is 64.5 Å². The highest BCUT2D eigenvalue weighted by Gasteiger charge is 2.54. The maximum atomic E-state index is 13.6. The van der Waals surface area contributed by atoms with Crippen molar-refractivity contribution in [2.45, 2.75) is 75.9 Å². The molecule has 5 atom stereocenters. The predicted octanol–water partition coefficient (Wildman–Crippen LogP) is 4.48. The van der Waals surface area contributed by atoms with E-state index >= 15 is 0 Å². The number of likely N-dealkylation sites (N-methyl/N-ethyl adjacent to an activating group) is 1. The van der Waals surface area contributed by atoms with Crippen LogP contribution in [0.1, 0.15) is 129 Å². The van der Waals surface area contributed by atoms with Crippen LogP contribution in [0.5, 0.6) is 28.7 Å². The number of hydrogen-bond acceptors (Lipinski definition) is 29. The van der Waals surface area contributed by atoms with Crippen LogP contribution in [0.2, 0.25) is 0 Å². The number of benzene rings is 7. The molecule has 1 unspecified atom stereocenters. The molecule has 43 nitrogen and oxygen atoms in total. The Labute approximate surface area is 854 Å². The zero-order valence-corrected chi connectivity index (χ0v) is 81.4. The molecule has 10 aliphatic rings. The number of urea groups is 2. The number of hydrogen-bond donors (Lipinski definition) is 8. The molecule has 4 aromatic heterocycles. The van der Waals surface area contributed by atoms with Gasteiger partial charge in [0.15, 0.2) is 23.6 Å². The van der Waals surface area contributed by atoms with Gasteiger partial charge in [-0.15, -0.1) is 5.10 Å². The van der Waals surface area contributed by atoms with E-state index in [-0.39, 0.29) is 123 Å². The number of amides is 16. The molecular weight excluding hydrogens is 1930 g/mol. The zero-order valence-electron chi connectivity index (χ0n) is 81.4. The Kier molecular flexibility index (Phi) is 28.2. The SMILES string of the molecule is CCN1CCN(C(=O)C2CCC(=O)N2c2ccc(OC)c(C#C[C@]3(CN4Cc5ccc(OC)cc5C4=O)NC(=O)NC3=O)n2)CC1.COc1ccc2c(c1)C(=O)N(C[C@@]1(C#Cc3ccc(-c4nnc(N)o4)cc3)CC(=O)NC1=O)C2.COc1ccc2c(c1)C(=O)N(C[C@@]1(C#Cc3ccc(-n4c(-c5cccnc5)n[nH]c4=O)cc3)NC(=O)NC1=O)C2.COc1ccc2c(c1)C(=O)N(C[C@@]1(C#Cc3ccccc3C=O)CC(=O)NC1=O)C2. The second-order valence-electron chi connectivity index (χ2n) is 36.1. The van der Waals surface area contributed by atoms with Crippen molar-refractivity contribution in [1.82, 2.24) is 96.2 Å². The highest BCUT2D eigenvalue weighted by molar-refractivity contribution is 6.13. The molecule has 0 radical (unpaired) electrons. The molecule has 150 heavy (non-hydrogen) atoms. The number of imide groups is 4. The van der Waals surface area contributed by atoms with Gasteiger partial charge < -0.3 is 73.9 Å². The number of methoxy groups -OCH3 is 5. The monoisotopic (exact) mass is 2020 g/mol. The van der Waals surface area contributed by atoms with E-state index in [0.29, 0.717) is 129 Å². The smallest absolute Gasteiger partial charge is 0.348 e. The van der Waals surface area contributed by atoms with Gasteiger partial charge in [-0.2, -0.15) is 5.10 Å². The van der Waals surface area contributed by atoms with Crippen molar-refractivity contribution in [2.75, 3.05) is 105 Å². The molecule has 14 heterocycles. The summed E-state index contributed by atoms with van der Waals surface area (Å²) in [5.41, 5.74) is 7.95. The Morgan fingerprint density at radius 1 is 0.507 bits per heavy atom. The second-order valence-corrected chi connectivity index (χ2v) is 36.1. The van der Waals surface area contributed by atoms with Gasteiger partial charge in [0.05, 0.1) is 67.2 Å². The highest BCUT2D eigenvalue weighted by Crippen LogP contribution is 2.40. The molecule has 0 bridgehead atoms. The fourth-order valence-electron chi connectivity index (χ4n) is 18.8. The van der Waals surface area contributed by atoms with Crippen molar-refractivity contribution in [3.05, 3.63) is 265 Å². The third kappa shape index (κ3) is 20.5. The zero-order chi connectivity index (χ0) is 106.